The van der Waals surface area contributed by atoms with Crippen LogP contribution in [0.5, 0.6) is 0 Å². The highest BCUT2D eigenvalue weighted by Crippen LogP contribution is 2.28. The predicted octanol–water partition coefficient (Wildman–Crippen LogP) is 5.06. The summed E-state index contributed by atoms with van der Waals surface area (Å²) in [6.45, 7) is 5.41. The van der Waals surface area contributed by atoms with Crippen LogP contribution in [0, 0.1) is 6.92 Å². The first-order valence-electron chi connectivity index (χ1n) is 9.95. The van der Waals surface area contributed by atoms with E-state index in [1.165, 1.54) is 6.08 Å². The number of benzene rings is 2. The summed E-state index contributed by atoms with van der Waals surface area (Å²) in [5.74, 6) is 0.00361. The predicted molar refractivity (Wildman–Crippen MR) is 127 cm³/mol. The zero-order valence-electron chi connectivity index (χ0n) is 17.4. The van der Waals surface area contributed by atoms with E-state index in [0.717, 1.165) is 27.8 Å². The number of amides is 2. The van der Waals surface area contributed by atoms with Crippen molar-refractivity contribution in [3.63, 3.8) is 0 Å². The van der Waals surface area contributed by atoms with Crippen molar-refractivity contribution in [2.45, 2.75) is 6.92 Å². The van der Waals surface area contributed by atoms with E-state index >= 15 is 0 Å². The number of fused-ring (bicyclic) bond motifs is 1. The molecule has 7 nitrogen and oxygen atoms in total. The zero-order valence-corrected chi connectivity index (χ0v) is 17.4. The summed E-state index contributed by atoms with van der Waals surface area (Å²) in [6, 6.07) is 18.2. The Morgan fingerprint density at radius 1 is 0.875 bits per heavy atom. The minimum atomic E-state index is -0.280. The Kier molecular flexibility index (Phi) is 5.89. The van der Waals surface area contributed by atoms with Gasteiger partial charge in [0, 0.05) is 40.4 Å². The molecule has 2 aromatic heterocycles. The number of anilines is 4. The van der Waals surface area contributed by atoms with Crippen molar-refractivity contribution in [3.8, 4) is 0 Å². The summed E-state index contributed by atoms with van der Waals surface area (Å²) in [7, 11) is 0. The molecule has 4 aromatic rings. The first-order valence-corrected chi connectivity index (χ1v) is 9.95. The van der Waals surface area contributed by atoms with Crippen molar-refractivity contribution < 1.29 is 9.59 Å². The number of carbonyl (C=O) groups excluding carboxylic acids is 2. The van der Waals surface area contributed by atoms with E-state index in [1.807, 2.05) is 49.4 Å². The molecule has 32 heavy (non-hydrogen) atoms. The smallest absolute Gasteiger partial charge is 0.256 e. The molecular formula is C25H21N5O2. The molecule has 0 radical (unpaired) electrons. The van der Waals surface area contributed by atoms with Crippen LogP contribution < -0.4 is 16.0 Å². The van der Waals surface area contributed by atoms with E-state index in [-0.39, 0.29) is 11.8 Å². The summed E-state index contributed by atoms with van der Waals surface area (Å²) in [6.07, 6.45) is 4.59. The van der Waals surface area contributed by atoms with Gasteiger partial charge in [-0.2, -0.15) is 0 Å². The quantitative estimate of drug-likeness (QED) is 0.377. The van der Waals surface area contributed by atoms with Gasteiger partial charge >= 0.3 is 0 Å². The molecule has 2 aromatic carbocycles. The molecule has 0 aliphatic rings. The van der Waals surface area contributed by atoms with Crippen molar-refractivity contribution in [3.05, 3.63) is 96.8 Å². The van der Waals surface area contributed by atoms with Gasteiger partial charge in [0.1, 0.15) is 5.82 Å². The zero-order chi connectivity index (χ0) is 22.5. The van der Waals surface area contributed by atoms with Crippen LogP contribution in [0.4, 0.5) is 22.9 Å². The van der Waals surface area contributed by atoms with Crippen molar-refractivity contribution in [1.29, 1.82) is 0 Å². The van der Waals surface area contributed by atoms with Gasteiger partial charge in [0.15, 0.2) is 0 Å². The number of nitrogens with zero attached hydrogens (tertiary/aromatic N) is 2. The number of hydrogen-bond donors (Lipinski definition) is 3. The molecular weight excluding hydrogens is 402 g/mol. The maximum Gasteiger partial charge on any atom is 0.256 e. The number of pyridine rings is 2. The third-order valence-corrected chi connectivity index (χ3v) is 4.78. The van der Waals surface area contributed by atoms with Crippen LogP contribution in [0.1, 0.15) is 15.9 Å². The Labute approximate surface area is 185 Å². The Hall–Kier alpha value is -4.52. The van der Waals surface area contributed by atoms with Gasteiger partial charge in [0.25, 0.3) is 5.91 Å². The van der Waals surface area contributed by atoms with Crippen LogP contribution in [0.25, 0.3) is 10.9 Å². The van der Waals surface area contributed by atoms with Gasteiger partial charge in [-0.15, -0.1) is 0 Å². The van der Waals surface area contributed by atoms with Crippen LogP contribution >= 0.6 is 0 Å². The van der Waals surface area contributed by atoms with Crippen LogP contribution in [0.15, 0.2) is 85.7 Å². The molecule has 2 amide bonds. The maximum absolute atomic E-state index is 12.5. The average Bonchev–Trinajstić information content (AvgIpc) is 2.80. The van der Waals surface area contributed by atoms with Crippen molar-refractivity contribution >= 4 is 45.6 Å². The monoisotopic (exact) mass is 423 g/mol. The first-order chi connectivity index (χ1) is 15.5. The molecule has 0 fully saturated rings. The number of nitrogens with one attached hydrogen (secondary N) is 3. The van der Waals surface area contributed by atoms with E-state index in [4.69, 9.17) is 0 Å². The minimum Gasteiger partial charge on any atom is -0.355 e. The van der Waals surface area contributed by atoms with E-state index in [0.29, 0.717) is 17.1 Å². The number of aryl methyl sites for hydroxylation is 1. The lowest BCUT2D eigenvalue weighted by Crippen LogP contribution is -2.12. The van der Waals surface area contributed by atoms with Crippen LogP contribution in [-0.2, 0) is 4.79 Å². The van der Waals surface area contributed by atoms with E-state index in [9.17, 15) is 9.59 Å². The summed E-state index contributed by atoms with van der Waals surface area (Å²) in [5, 5.41) is 9.75. The summed E-state index contributed by atoms with van der Waals surface area (Å²) < 4.78 is 0. The van der Waals surface area contributed by atoms with Gasteiger partial charge in [0.2, 0.25) is 5.91 Å². The van der Waals surface area contributed by atoms with E-state index < -0.39 is 0 Å². The molecule has 7 heteroatoms. The molecule has 0 saturated carbocycles. The van der Waals surface area contributed by atoms with Gasteiger partial charge < -0.3 is 16.0 Å². The number of rotatable bonds is 6. The van der Waals surface area contributed by atoms with Gasteiger partial charge in [-0.25, -0.2) is 4.98 Å². The molecule has 4 rings (SSSR count). The molecule has 0 saturated heterocycles. The lowest BCUT2D eigenvalue weighted by Gasteiger charge is -2.12. The lowest BCUT2D eigenvalue weighted by molar-refractivity contribution is -0.111. The summed E-state index contributed by atoms with van der Waals surface area (Å²) >= 11 is 0. The third-order valence-electron chi connectivity index (χ3n) is 4.78. The molecule has 0 unspecified atom stereocenters. The Bertz CT molecular complexity index is 1320. The summed E-state index contributed by atoms with van der Waals surface area (Å²) in [5.41, 5.74) is 4.61. The fourth-order valence-corrected chi connectivity index (χ4v) is 3.18. The molecule has 0 atom stereocenters. The second kappa shape index (κ2) is 9.09. The molecule has 0 spiro atoms. The van der Waals surface area contributed by atoms with Gasteiger partial charge in [-0.05, 0) is 79.2 Å². The number of aromatic nitrogens is 2. The third kappa shape index (κ3) is 4.79. The molecule has 3 N–H and O–H groups in total. The standard InChI is InChI=1S/C25H21N5O2/c1-3-24(31)29-19-8-9-21-20(15-19)22(11-13-26-21)28-18-6-4-17(5-7-18)25(32)30-23-14-16(2)10-12-27-23/h3-15H,1H2,2H3,(H,26,28)(H,29,31)(H,27,30,32). The first kappa shape index (κ1) is 20.7. The van der Waals surface area contributed by atoms with Gasteiger partial charge in [0.05, 0.1) is 5.52 Å². The Morgan fingerprint density at radius 2 is 1.62 bits per heavy atom. The van der Waals surface area contributed by atoms with Crippen LogP contribution in [0.3, 0.4) is 0 Å². The molecule has 0 aliphatic carbocycles. The lowest BCUT2D eigenvalue weighted by atomic mass is 10.1. The number of hydrogen-bond acceptors (Lipinski definition) is 5. The average molecular weight is 423 g/mol. The topological polar surface area (TPSA) is 96.0 Å². The second-order valence-electron chi connectivity index (χ2n) is 7.16. The Morgan fingerprint density at radius 3 is 2.38 bits per heavy atom. The highest BCUT2D eigenvalue weighted by atomic mass is 16.2. The maximum atomic E-state index is 12.5. The van der Waals surface area contributed by atoms with Crippen LogP contribution in [0.2, 0.25) is 0 Å². The Balaban J connectivity index is 1.52. The van der Waals surface area contributed by atoms with Crippen molar-refractivity contribution in [2.24, 2.45) is 0 Å². The largest absolute Gasteiger partial charge is 0.355 e. The summed E-state index contributed by atoms with van der Waals surface area (Å²) in [4.78, 5) is 32.6. The second-order valence-corrected chi connectivity index (χ2v) is 7.16. The molecule has 158 valence electrons. The highest BCUT2D eigenvalue weighted by molar-refractivity contribution is 6.04. The van der Waals surface area contributed by atoms with Crippen molar-refractivity contribution in [1.82, 2.24) is 9.97 Å². The minimum absolute atomic E-state index is 0.230. The van der Waals surface area contributed by atoms with E-state index in [1.54, 1.807) is 30.6 Å². The molecule has 0 aliphatic heterocycles. The van der Waals surface area contributed by atoms with E-state index in [2.05, 4.69) is 32.5 Å². The van der Waals surface area contributed by atoms with Crippen molar-refractivity contribution in [2.75, 3.05) is 16.0 Å². The SMILES string of the molecule is C=CC(=O)Nc1ccc2nccc(Nc3ccc(C(=O)Nc4cc(C)ccn4)cc3)c2c1. The van der Waals surface area contributed by atoms with Gasteiger partial charge in [-0.3, -0.25) is 14.6 Å². The highest BCUT2D eigenvalue weighted by Gasteiger charge is 2.09. The normalized spacial score (nSPS) is 10.4. The fraction of sp³-hybridized carbons (Fsp3) is 0.0400. The van der Waals surface area contributed by atoms with Gasteiger partial charge in [-0.1, -0.05) is 6.58 Å². The molecule has 2 heterocycles. The number of carbonyl (C=O) groups is 2. The molecule has 0 bridgehead atoms. The van der Waals surface area contributed by atoms with Crippen LogP contribution in [-0.4, -0.2) is 21.8 Å². The fourth-order valence-electron chi connectivity index (χ4n) is 3.18.